The van der Waals surface area contributed by atoms with Gasteiger partial charge in [0.15, 0.2) is 11.5 Å². The highest BCUT2D eigenvalue weighted by Crippen LogP contribution is 2.37. The van der Waals surface area contributed by atoms with Gasteiger partial charge in [0.25, 0.3) is 0 Å². The van der Waals surface area contributed by atoms with Crippen LogP contribution in [-0.2, 0) is 0 Å². The first kappa shape index (κ1) is 14.7. The predicted molar refractivity (Wildman–Crippen MR) is 88.6 cm³/mol. The summed E-state index contributed by atoms with van der Waals surface area (Å²) in [5.74, 6) is 1.58. The summed E-state index contributed by atoms with van der Waals surface area (Å²) < 4.78 is 12.4. The Kier molecular flexibility index (Phi) is 4.41. The average molecular weight is 368 g/mol. The van der Waals surface area contributed by atoms with Gasteiger partial charge in [-0.1, -0.05) is 28.1 Å². The summed E-state index contributed by atoms with van der Waals surface area (Å²) in [6.07, 6.45) is 0.903. The second-order valence-electron chi connectivity index (χ2n) is 5.12. The molecule has 4 heteroatoms. The second-order valence-corrected chi connectivity index (χ2v) is 6.47. The lowest BCUT2D eigenvalue weighted by Gasteiger charge is -2.16. The molecule has 1 aliphatic heterocycles. The molecule has 0 radical (unpaired) electrons. The van der Waals surface area contributed by atoms with Gasteiger partial charge < -0.3 is 9.47 Å². The number of aryl methyl sites for hydroxylation is 1. The summed E-state index contributed by atoms with van der Waals surface area (Å²) in [5.41, 5.74) is 3.29. The van der Waals surface area contributed by atoms with E-state index >= 15 is 0 Å². The Morgan fingerprint density at radius 3 is 2.57 bits per heavy atom. The molecule has 3 rings (SSSR count). The third-order valence-electron chi connectivity index (χ3n) is 3.57. The Labute approximate surface area is 138 Å². The monoisotopic (exact) mass is 366 g/mol. The average Bonchev–Trinajstić information content (AvgIpc) is 2.71. The maximum Gasteiger partial charge on any atom is 0.161 e. The van der Waals surface area contributed by atoms with Crippen LogP contribution in [0.3, 0.4) is 0 Å². The van der Waals surface area contributed by atoms with Crippen LogP contribution in [0.5, 0.6) is 11.5 Å². The first-order chi connectivity index (χ1) is 10.1. The molecule has 1 heterocycles. The van der Waals surface area contributed by atoms with Crippen LogP contribution in [0.15, 0.2) is 40.9 Å². The quantitative estimate of drug-likeness (QED) is 0.675. The van der Waals surface area contributed by atoms with Crippen molar-refractivity contribution in [3.8, 4) is 11.5 Å². The summed E-state index contributed by atoms with van der Waals surface area (Å²) in [6.45, 7) is 3.45. The van der Waals surface area contributed by atoms with Crippen molar-refractivity contribution in [2.24, 2.45) is 0 Å². The highest BCUT2D eigenvalue weighted by Gasteiger charge is 2.17. The van der Waals surface area contributed by atoms with Crippen molar-refractivity contribution >= 4 is 27.5 Å². The minimum atomic E-state index is -0.199. The van der Waals surface area contributed by atoms with E-state index in [1.165, 1.54) is 0 Å². The lowest BCUT2D eigenvalue weighted by molar-refractivity contribution is 0.297. The Morgan fingerprint density at radius 1 is 1.05 bits per heavy atom. The minimum absolute atomic E-state index is 0.199. The van der Waals surface area contributed by atoms with E-state index in [0.717, 1.165) is 39.1 Å². The highest BCUT2D eigenvalue weighted by atomic mass is 79.9. The lowest BCUT2D eigenvalue weighted by atomic mass is 10.00. The molecule has 0 aliphatic carbocycles. The van der Waals surface area contributed by atoms with Crippen molar-refractivity contribution < 1.29 is 9.47 Å². The molecule has 1 aliphatic rings. The van der Waals surface area contributed by atoms with Crippen molar-refractivity contribution in [2.75, 3.05) is 13.2 Å². The summed E-state index contributed by atoms with van der Waals surface area (Å²) in [6, 6.07) is 12.1. The number of fused-ring (bicyclic) bond motifs is 1. The number of ether oxygens (including phenoxy) is 2. The number of alkyl halides is 1. The fourth-order valence-electron chi connectivity index (χ4n) is 2.44. The van der Waals surface area contributed by atoms with Gasteiger partial charge in [-0.15, -0.1) is 11.6 Å². The van der Waals surface area contributed by atoms with Crippen LogP contribution in [0.4, 0.5) is 0 Å². The molecule has 0 bridgehead atoms. The van der Waals surface area contributed by atoms with Gasteiger partial charge in [-0.25, -0.2) is 0 Å². The van der Waals surface area contributed by atoms with E-state index < -0.39 is 0 Å². The van der Waals surface area contributed by atoms with Gasteiger partial charge >= 0.3 is 0 Å². The molecule has 1 unspecified atom stereocenters. The smallest absolute Gasteiger partial charge is 0.161 e. The molecule has 0 N–H and O–H groups in total. The molecule has 21 heavy (non-hydrogen) atoms. The minimum Gasteiger partial charge on any atom is -0.490 e. The molecule has 0 saturated carbocycles. The summed E-state index contributed by atoms with van der Waals surface area (Å²) >= 11 is 10.1. The van der Waals surface area contributed by atoms with Crippen molar-refractivity contribution in [2.45, 2.75) is 18.7 Å². The van der Waals surface area contributed by atoms with Gasteiger partial charge in [-0.05, 0) is 47.9 Å². The van der Waals surface area contributed by atoms with Crippen molar-refractivity contribution in [3.63, 3.8) is 0 Å². The van der Waals surface area contributed by atoms with Crippen LogP contribution in [0, 0.1) is 6.92 Å². The maximum atomic E-state index is 6.66. The number of hydrogen-bond acceptors (Lipinski definition) is 2. The predicted octanol–water partition coefficient (Wildman–Crippen LogP) is 5.25. The van der Waals surface area contributed by atoms with Crippen LogP contribution in [0.25, 0.3) is 0 Å². The Hall–Kier alpha value is -1.19. The molecule has 0 aromatic heterocycles. The van der Waals surface area contributed by atoms with Crippen LogP contribution in [0.1, 0.15) is 28.5 Å². The van der Waals surface area contributed by atoms with E-state index in [4.69, 9.17) is 21.1 Å². The first-order valence-electron chi connectivity index (χ1n) is 6.95. The summed E-state index contributed by atoms with van der Waals surface area (Å²) in [7, 11) is 0. The SMILES string of the molecule is Cc1cc(Br)ccc1C(Cl)c1ccc2c(c1)OCCCO2. The molecule has 110 valence electrons. The Balaban J connectivity index is 1.94. The van der Waals surface area contributed by atoms with Crippen molar-refractivity contribution in [1.29, 1.82) is 0 Å². The Morgan fingerprint density at radius 2 is 1.81 bits per heavy atom. The van der Waals surface area contributed by atoms with Crippen molar-refractivity contribution in [1.82, 2.24) is 0 Å². The standard InChI is InChI=1S/C17H16BrClO2/c1-11-9-13(18)4-5-14(11)17(19)12-3-6-15-16(10-12)21-8-2-7-20-15/h3-6,9-10,17H,2,7-8H2,1H3. The third-order valence-corrected chi connectivity index (χ3v) is 4.55. The van der Waals surface area contributed by atoms with Gasteiger partial charge in [0.2, 0.25) is 0 Å². The zero-order valence-corrected chi connectivity index (χ0v) is 14.1. The summed E-state index contributed by atoms with van der Waals surface area (Å²) in [4.78, 5) is 0. The molecule has 2 aromatic rings. The zero-order chi connectivity index (χ0) is 14.8. The molecule has 2 nitrogen and oxygen atoms in total. The lowest BCUT2D eigenvalue weighted by Crippen LogP contribution is -1.98. The maximum absolute atomic E-state index is 6.66. The Bertz CT molecular complexity index is 657. The third kappa shape index (κ3) is 3.19. The number of halogens is 2. The van der Waals surface area contributed by atoms with E-state index in [9.17, 15) is 0 Å². The molecule has 2 aromatic carbocycles. The van der Waals surface area contributed by atoms with Crippen LogP contribution < -0.4 is 9.47 Å². The molecule has 0 fully saturated rings. The summed E-state index contributed by atoms with van der Waals surface area (Å²) in [5, 5.41) is -0.199. The molecular formula is C17H16BrClO2. The van der Waals surface area contributed by atoms with E-state index in [-0.39, 0.29) is 5.38 Å². The molecular weight excluding hydrogens is 352 g/mol. The van der Waals surface area contributed by atoms with Crippen LogP contribution in [-0.4, -0.2) is 13.2 Å². The van der Waals surface area contributed by atoms with Crippen LogP contribution in [0.2, 0.25) is 0 Å². The fourth-order valence-corrected chi connectivity index (χ4v) is 3.30. The molecule has 0 spiro atoms. The largest absolute Gasteiger partial charge is 0.490 e. The fraction of sp³-hybridized carbons (Fsp3) is 0.294. The number of rotatable bonds is 2. The van der Waals surface area contributed by atoms with E-state index in [1.807, 2.05) is 24.3 Å². The van der Waals surface area contributed by atoms with Gasteiger partial charge in [0.1, 0.15) is 0 Å². The van der Waals surface area contributed by atoms with Gasteiger partial charge in [0.05, 0.1) is 18.6 Å². The normalized spacial score (nSPS) is 15.4. The van der Waals surface area contributed by atoms with Gasteiger partial charge in [-0.2, -0.15) is 0 Å². The molecule has 0 saturated heterocycles. The van der Waals surface area contributed by atoms with Crippen LogP contribution >= 0.6 is 27.5 Å². The second kappa shape index (κ2) is 6.29. The number of hydrogen-bond donors (Lipinski definition) is 0. The molecule has 1 atom stereocenters. The first-order valence-corrected chi connectivity index (χ1v) is 8.18. The van der Waals surface area contributed by atoms with Crippen molar-refractivity contribution in [3.05, 3.63) is 57.6 Å². The topological polar surface area (TPSA) is 18.5 Å². The molecule has 0 amide bonds. The van der Waals surface area contributed by atoms with E-state index in [0.29, 0.717) is 13.2 Å². The van der Waals surface area contributed by atoms with E-state index in [2.05, 4.69) is 35.0 Å². The van der Waals surface area contributed by atoms with Gasteiger partial charge in [0, 0.05) is 10.9 Å². The van der Waals surface area contributed by atoms with Gasteiger partial charge in [-0.3, -0.25) is 0 Å². The zero-order valence-electron chi connectivity index (χ0n) is 11.7. The number of benzene rings is 2. The van der Waals surface area contributed by atoms with E-state index in [1.54, 1.807) is 0 Å². The highest BCUT2D eigenvalue weighted by molar-refractivity contribution is 9.10.